The molecule has 0 atom stereocenters. The highest BCUT2D eigenvalue weighted by Crippen LogP contribution is 2.36. The van der Waals surface area contributed by atoms with Crippen molar-refractivity contribution in [2.75, 3.05) is 4.90 Å². The maximum Gasteiger partial charge on any atom is 0.338 e. The Labute approximate surface area is 124 Å². The topological polar surface area (TPSA) is 74.7 Å². The quantitative estimate of drug-likeness (QED) is 0.865. The van der Waals surface area contributed by atoms with Gasteiger partial charge in [-0.25, -0.2) is 9.69 Å². The fraction of sp³-hybridized carbons (Fsp3) is 0.133. The van der Waals surface area contributed by atoms with Crippen LogP contribution >= 0.6 is 11.3 Å². The molecule has 2 amide bonds. The predicted octanol–water partition coefficient (Wildman–Crippen LogP) is 2.86. The summed E-state index contributed by atoms with van der Waals surface area (Å²) in [4.78, 5) is 37.3. The molecule has 1 aliphatic rings. The standard InChI is InChI=1S/C15H11NO4S/c1-7-3-4-8(2)11-10(7)12(17)16(13(11)18)14-9(15(19)20)5-6-21-14/h3-6H,1-2H3,(H,19,20). The molecule has 0 spiro atoms. The van der Waals surface area contributed by atoms with Gasteiger partial charge in [-0.1, -0.05) is 12.1 Å². The molecule has 2 heterocycles. The molecule has 21 heavy (non-hydrogen) atoms. The number of thiophene rings is 1. The molecule has 0 aliphatic carbocycles. The molecule has 0 fully saturated rings. The Morgan fingerprint density at radius 3 is 2.05 bits per heavy atom. The number of amides is 2. The summed E-state index contributed by atoms with van der Waals surface area (Å²) in [6, 6.07) is 4.97. The minimum Gasteiger partial charge on any atom is -0.478 e. The minimum absolute atomic E-state index is 0.0372. The SMILES string of the molecule is Cc1ccc(C)c2c1C(=O)N(c1sccc1C(=O)O)C2=O. The second-order valence-corrected chi connectivity index (χ2v) is 5.73. The average Bonchev–Trinajstić information content (AvgIpc) is 2.98. The largest absolute Gasteiger partial charge is 0.478 e. The van der Waals surface area contributed by atoms with Crippen molar-refractivity contribution in [3.8, 4) is 0 Å². The van der Waals surface area contributed by atoms with E-state index < -0.39 is 17.8 Å². The Bertz CT molecular complexity index is 765. The molecule has 0 bridgehead atoms. The van der Waals surface area contributed by atoms with Crippen LogP contribution in [0, 0.1) is 13.8 Å². The van der Waals surface area contributed by atoms with E-state index in [9.17, 15) is 19.5 Å². The van der Waals surface area contributed by atoms with Gasteiger partial charge in [-0.05, 0) is 36.4 Å². The summed E-state index contributed by atoms with van der Waals surface area (Å²) in [7, 11) is 0. The molecule has 3 rings (SSSR count). The molecule has 0 saturated heterocycles. The molecule has 0 radical (unpaired) electrons. The zero-order valence-electron chi connectivity index (χ0n) is 11.3. The van der Waals surface area contributed by atoms with E-state index in [1.165, 1.54) is 6.07 Å². The number of rotatable bonds is 2. The van der Waals surface area contributed by atoms with E-state index in [1.54, 1.807) is 31.4 Å². The van der Waals surface area contributed by atoms with Crippen LogP contribution in [0.4, 0.5) is 5.00 Å². The summed E-state index contributed by atoms with van der Waals surface area (Å²) in [6.45, 7) is 3.53. The van der Waals surface area contributed by atoms with E-state index in [1.807, 2.05) is 0 Å². The van der Waals surface area contributed by atoms with Crippen LogP contribution < -0.4 is 4.90 Å². The van der Waals surface area contributed by atoms with Crippen molar-refractivity contribution in [3.63, 3.8) is 0 Å². The number of hydrogen-bond acceptors (Lipinski definition) is 4. The third kappa shape index (κ3) is 1.80. The van der Waals surface area contributed by atoms with Gasteiger partial charge in [0.25, 0.3) is 11.8 Å². The number of carboxylic acids is 1. The van der Waals surface area contributed by atoms with E-state index >= 15 is 0 Å². The number of hydrogen-bond donors (Lipinski definition) is 1. The normalized spacial score (nSPS) is 13.7. The van der Waals surface area contributed by atoms with Crippen LogP contribution in [0.15, 0.2) is 23.6 Å². The monoisotopic (exact) mass is 301 g/mol. The Kier molecular flexibility index (Phi) is 2.91. The molecule has 6 heteroatoms. The Balaban J connectivity index is 2.21. The molecule has 0 unspecified atom stereocenters. The second kappa shape index (κ2) is 4.53. The van der Waals surface area contributed by atoms with Gasteiger partial charge in [0.05, 0.1) is 16.7 Å². The number of carboxylic acid groups (broad SMARTS) is 1. The van der Waals surface area contributed by atoms with Gasteiger partial charge in [0.2, 0.25) is 0 Å². The smallest absolute Gasteiger partial charge is 0.338 e. The van der Waals surface area contributed by atoms with Crippen molar-refractivity contribution < 1.29 is 19.5 Å². The van der Waals surface area contributed by atoms with E-state index in [0.29, 0.717) is 22.3 Å². The van der Waals surface area contributed by atoms with Crippen molar-refractivity contribution in [3.05, 3.63) is 51.4 Å². The fourth-order valence-corrected chi connectivity index (χ4v) is 3.39. The zero-order chi connectivity index (χ0) is 15.3. The molecule has 0 saturated carbocycles. The first kappa shape index (κ1) is 13.5. The molecule has 106 valence electrons. The Morgan fingerprint density at radius 1 is 1.05 bits per heavy atom. The number of imide groups is 1. The van der Waals surface area contributed by atoms with Crippen LogP contribution in [0.1, 0.15) is 42.2 Å². The lowest BCUT2D eigenvalue weighted by Gasteiger charge is -2.12. The highest BCUT2D eigenvalue weighted by Gasteiger charge is 2.41. The van der Waals surface area contributed by atoms with Gasteiger partial charge < -0.3 is 5.11 Å². The summed E-state index contributed by atoms with van der Waals surface area (Å²) < 4.78 is 0. The summed E-state index contributed by atoms with van der Waals surface area (Å²) in [5.41, 5.74) is 2.12. The maximum atomic E-state index is 12.6. The van der Waals surface area contributed by atoms with E-state index in [-0.39, 0.29) is 10.6 Å². The van der Waals surface area contributed by atoms with Crippen molar-refractivity contribution in [2.45, 2.75) is 13.8 Å². The van der Waals surface area contributed by atoms with Crippen LogP contribution in [-0.2, 0) is 0 Å². The van der Waals surface area contributed by atoms with Gasteiger partial charge in [0.1, 0.15) is 5.00 Å². The summed E-state index contributed by atoms with van der Waals surface area (Å²) in [5.74, 6) is -2.07. The predicted molar refractivity (Wildman–Crippen MR) is 78.3 cm³/mol. The zero-order valence-corrected chi connectivity index (χ0v) is 12.2. The highest BCUT2D eigenvalue weighted by atomic mass is 32.1. The van der Waals surface area contributed by atoms with Crippen LogP contribution in [0.25, 0.3) is 0 Å². The lowest BCUT2D eigenvalue weighted by Crippen LogP contribution is -2.30. The number of aryl methyl sites for hydroxylation is 2. The first-order valence-corrected chi connectivity index (χ1v) is 7.11. The minimum atomic E-state index is -1.16. The van der Waals surface area contributed by atoms with Crippen molar-refractivity contribution >= 4 is 34.1 Å². The first-order chi connectivity index (χ1) is 9.93. The van der Waals surface area contributed by atoms with Crippen LogP contribution in [0.2, 0.25) is 0 Å². The van der Waals surface area contributed by atoms with Gasteiger partial charge in [0, 0.05) is 0 Å². The number of fused-ring (bicyclic) bond motifs is 1. The second-order valence-electron chi connectivity index (χ2n) is 4.84. The number of carbonyl (C=O) groups excluding carboxylic acids is 2. The molecule has 5 nitrogen and oxygen atoms in total. The van der Waals surface area contributed by atoms with Crippen molar-refractivity contribution in [2.24, 2.45) is 0 Å². The lowest BCUT2D eigenvalue weighted by molar-refractivity contribution is 0.0698. The number of nitrogens with zero attached hydrogens (tertiary/aromatic N) is 1. The fourth-order valence-electron chi connectivity index (χ4n) is 2.50. The van der Waals surface area contributed by atoms with E-state index in [2.05, 4.69) is 0 Å². The molecule has 1 N–H and O–H groups in total. The Hall–Kier alpha value is -2.47. The number of anilines is 1. The summed E-state index contributed by atoms with van der Waals surface area (Å²) in [5, 5.41) is 10.9. The molecular weight excluding hydrogens is 290 g/mol. The van der Waals surface area contributed by atoms with Crippen LogP contribution in [0.5, 0.6) is 0 Å². The van der Waals surface area contributed by atoms with Crippen LogP contribution in [-0.4, -0.2) is 22.9 Å². The average molecular weight is 301 g/mol. The molecule has 1 aromatic heterocycles. The first-order valence-electron chi connectivity index (χ1n) is 6.23. The van der Waals surface area contributed by atoms with Crippen molar-refractivity contribution in [1.82, 2.24) is 0 Å². The van der Waals surface area contributed by atoms with E-state index in [4.69, 9.17) is 0 Å². The molecule has 1 aliphatic heterocycles. The molecule has 2 aromatic rings. The Morgan fingerprint density at radius 2 is 1.57 bits per heavy atom. The van der Waals surface area contributed by atoms with E-state index in [0.717, 1.165) is 16.2 Å². The molecule has 1 aromatic carbocycles. The van der Waals surface area contributed by atoms with Gasteiger partial charge in [-0.2, -0.15) is 0 Å². The number of carbonyl (C=O) groups is 3. The third-order valence-corrected chi connectivity index (χ3v) is 4.43. The summed E-state index contributed by atoms with van der Waals surface area (Å²) >= 11 is 1.07. The lowest BCUT2D eigenvalue weighted by atomic mass is 9.99. The van der Waals surface area contributed by atoms with Gasteiger partial charge in [0.15, 0.2) is 0 Å². The number of aromatic carboxylic acids is 1. The van der Waals surface area contributed by atoms with Crippen molar-refractivity contribution in [1.29, 1.82) is 0 Å². The third-order valence-electron chi connectivity index (χ3n) is 3.53. The van der Waals surface area contributed by atoms with Crippen LogP contribution in [0.3, 0.4) is 0 Å². The van der Waals surface area contributed by atoms with Gasteiger partial charge >= 0.3 is 5.97 Å². The van der Waals surface area contributed by atoms with Gasteiger partial charge in [-0.15, -0.1) is 11.3 Å². The van der Waals surface area contributed by atoms with Gasteiger partial charge in [-0.3, -0.25) is 9.59 Å². The maximum absolute atomic E-state index is 12.6. The highest BCUT2D eigenvalue weighted by molar-refractivity contribution is 7.15. The summed E-state index contributed by atoms with van der Waals surface area (Å²) in [6.07, 6.45) is 0. The number of benzene rings is 1. The molecular formula is C15H11NO4S.